The van der Waals surface area contributed by atoms with Crippen LogP contribution in [-0.2, 0) is 12.8 Å². The van der Waals surface area contributed by atoms with E-state index >= 15 is 0 Å². The van der Waals surface area contributed by atoms with Gasteiger partial charge < -0.3 is 5.32 Å². The Kier molecular flexibility index (Phi) is 1.98. The summed E-state index contributed by atoms with van der Waals surface area (Å²) in [6.45, 7) is 0. The van der Waals surface area contributed by atoms with Crippen molar-refractivity contribution in [2.24, 2.45) is 0 Å². The predicted molar refractivity (Wildman–Crippen MR) is 50.4 cm³/mol. The molecule has 0 aliphatic heterocycles. The summed E-state index contributed by atoms with van der Waals surface area (Å²) in [6, 6.07) is 2.15. The molecule has 12 heavy (non-hydrogen) atoms. The van der Waals surface area contributed by atoms with Gasteiger partial charge in [-0.2, -0.15) is 0 Å². The van der Waals surface area contributed by atoms with E-state index in [0.29, 0.717) is 0 Å². The summed E-state index contributed by atoms with van der Waals surface area (Å²) in [6.07, 6.45) is 6.97. The van der Waals surface area contributed by atoms with Crippen LogP contribution in [0.5, 0.6) is 0 Å². The minimum absolute atomic E-state index is 1.08. The molecule has 2 heteroatoms. The Bertz CT molecular complexity index is 267. The van der Waals surface area contributed by atoms with Crippen LogP contribution in [0.15, 0.2) is 12.3 Å². The summed E-state index contributed by atoms with van der Waals surface area (Å²) in [5.74, 6) is 1.08. The Morgan fingerprint density at radius 1 is 1.33 bits per heavy atom. The van der Waals surface area contributed by atoms with Crippen LogP contribution in [0, 0.1) is 0 Å². The summed E-state index contributed by atoms with van der Waals surface area (Å²) in [5, 5.41) is 3.14. The third-order valence-electron chi connectivity index (χ3n) is 2.51. The first kappa shape index (κ1) is 7.59. The molecule has 1 aromatic rings. The minimum Gasteiger partial charge on any atom is -0.373 e. The van der Waals surface area contributed by atoms with E-state index in [9.17, 15) is 0 Å². The van der Waals surface area contributed by atoms with Gasteiger partial charge in [0.15, 0.2) is 0 Å². The van der Waals surface area contributed by atoms with Gasteiger partial charge >= 0.3 is 0 Å². The zero-order valence-electron chi connectivity index (χ0n) is 7.43. The highest BCUT2D eigenvalue weighted by Crippen LogP contribution is 2.25. The number of nitrogens with one attached hydrogen (secondary N) is 1. The fourth-order valence-electron chi connectivity index (χ4n) is 1.88. The van der Waals surface area contributed by atoms with Gasteiger partial charge in [-0.15, -0.1) is 0 Å². The van der Waals surface area contributed by atoms with Gasteiger partial charge in [0.2, 0.25) is 0 Å². The van der Waals surface area contributed by atoms with E-state index in [2.05, 4.69) is 16.4 Å². The van der Waals surface area contributed by atoms with E-state index in [-0.39, 0.29) is 0 Å². The third-order valence-corrected chi connectivity index (χ3v) is 2.51. The van der Waals surface area contributed by atoms with Crippen LogP contribution in [0.25, 0.3) is 0 Å². The molecule has 0 saturated heterocycles. The van der Waals surface area contributed by atoms with Crippen molar-refractivity contribution in [2.75, 3.05) is 12.4 Å². The molecular weight excluding hydrogens is 148 g/mol. The standard InChI is InChI=1S/C10H14N2/c1-11-10-9-5-3-2-4-8(9)6-7-12-10/h6-7H,2-5H2,1H3,(H,11,12). The first-order chi connectivity index (χ1) is 5.92. The van der Waals surface area contributed by atoms with Gasteiger partial charge in [-0.3, -0.25) is 0 Å². The molecule has 1 heterocycles. The number of hydrogen-bond donors (Lipinski definition) is 1. The summed E-state index contributed by atoms with van der Waals surface area (Å²) >= 11 is 0. The van der Waals surface area contributed by atoms with Crippen molar-refractivity contribution in [1.82, 2.24) is 4.98 Å². The molecule has 0 atom stereocenters. The minimum atomic E-state index is 1.08. The monoisotopic (exact) mass is 162 g/mol. The average Bonchev–Trinajstić information content (AvgIpc) is 2.17. The van der Waals surface area contributed by atoms with Gasteiger partial charge in [-0.1, -0.05) is 0 Å². The van der Waals surface area contributed by atoms with Crippen LogP contribution in [0.2, 0.25) is 0 Å². The molecule has 0 unspecified atom stereocenters. The molecule has 0 amide bonds. The zero-order chi connectivity index (χ0) is 8.39. The first-order valence-electron chi connectivity index (χ1n) is 4.56. The molecule has 64 valence electrons. The van der Waals surface area contributed by atoms with Crippen molar-refractivity contribution in [3.05, 3.63) is 23.4 Å². The maximum absolute atomic E-state index is 4.30. The molecule has 2 nitrogen and oxygen atoms in total. The lowest BCUT2D eigenvalue weighted by Crippen LogP contribution is -2.07. The summed E-state index contributed by atoms with van der Waals surface area (Å²) in [5.41, 5.74) is 2.92. The van der Waals surface area contributed by atoms with Crippen LogP contribution < -0.4 is 5.32 Å². The van der Waals surface area contributed by atoms with E-state index in [0.717, 1.165) is 5.82 Å². The van der Waals surface area contributed by atoms with Gasteiger partial charge in [-0.05, 0) is 42.9 Å². The molecule has 0 saturated carbocycles. The van der Waals surface area contributed by atoms with Crippen LogP contribution >= 0.6 is 0 Å². The molecule has 0 fully saturated rings. The molecule has 0 spiro atoms. The van der Waals surface area contributed by atoms with Crippen molar-refractivity contribution < 1.29 is 0 Å². The summed E-state index contributed by atoms with van der Waals surface area (Å²) in [4.78, 5) is 4.30. The maximum atomic E-state index is 4.30. The Hall–Kier alpha value is -1.05. The SMILES string of the molecule is CNc1nccc2c1CCCC2. The van der Waals surface area contributed by atoms with Gasteiger partial charge in [0.25, 0.3) is 0 Å². The van der Waals surface area contributed by atoms with Gasteiger partial charge in [0.1, 0.15) is 5.82 Å². The highest BCUT2D eigenvalue weighted by molar-refractivity contribution is 5.48. The Morgan fingerprint density at radius 3 is 3.00 bits per heavy atom. The third kappa shape index (κ3) is 1.17. The number of aryl methyl sites for hydroxylation is 1. The zero-order valence-corrected chi connectivity index (χ0v) is 7.43. The summed E-state index contributed by atoms with van der Waals surface area (Å²) in [7, 11) is 1.94. The van der Waals surface area contributed by atoms with E-state index in [1.165, 1.54) is 36.8 Å². The molecule has 0 radical (unpaired) electrons. The Morgan fingerprint density at radius 2 is 2.17 bits per heavy atom. The number of nitrogens with zero attached hydrogens (tertiary/aromatic N) is 1. The molecule has 2 rings (SSSR count). The molecule has 0 aromatic carbocycles. The Balaban J connectivity index is 2.44. The number of pyridine rings is 1. The number of anilines is 1. The molecule has 1 aliphatic carbocycles. The van der Waals surface area contributed by atoms with Crippen molar-refractivity contribution in [3.63, 3.8) is 0 Å². The van der Waals surface area contributed by atoms with Crippen LogP contribution in [0.3, 0.4) is 0 Å². The van der Waals surface area contributed by atoms with E-state index < -0.39 is 0 Å². The van der Waals surface area contributed by atoms with Crippen molar-refractivity contribution in [2.45, 2.75) is 25.7 Å². The molecular formula is C10H14N2. The quantitative estimate of drug-likeness (QED) is 0.683. The second kappa shape index (κ2) is 3.13. The Labute approximate surface area is 73.0 Å². The molecule has 0 bridgehead atoms. The second-order valence-electron chi connectivity index (χ2n) is 3.25. The van der Waals surface area contributed by atoms with Crippen LogP contribution in [0.4, 0.5) is 5.82 Å². The highest BCUT2D eigenvalue weighted by atomic mass is 15.0. The van der Waals surface area contributed by atoms with E-state index in [1.54, 1.807) is 0 Å². The lowest BCUT2D eigenvalue weighted by molar-refractivity contribution is 0.683. The van der Waals surface area contributed by atoms with Crippen LogP contribution in [-0.4, -0.2) is 12.0 Å². The van der Waals surface area contributed by atoms with E-state index in [1.807, 2.05) is 13.2 Å². The first-order valence-corrected chi connectivity index (χ1v) is 4.56. The number of rotatable bonds is 1. The lowest BCUT2D eigenvalue weighted by Gasteiger charge is -2.17. The number of aromatic nitrogens is 1. The maximum Gasteiger partial charge on any atom is 0.129 e. The molecule has 1 aromatic heterocycles. The average molecular weight is 162 g/mol. The number of fused-ring (bicyclic) bond motifs is 1. The van der Waals surface area contributed by atoms with Gasteiger partial charge in [0, 0.05) is 13.2 Å². The van der Waals surface area contributed by atoms with Crippen LogP contribution in [0.1, 0.15) is 24.0 Å². The largest absolute Gasteiger partial charge is 0.373 e. The fourth-order valence-corrected chi connectivity index (χ4v) is 1.88. The predicted octanol–water partition coefficient (Wildman–Crippen LogP) is 2.00. The van der Waals surface area contributed by atoms with Crippen molar-refractivity contribution in [3.8, 4) is 0 Å². The number of hydrogen-bond acceptors (Lipinski definition) is 2. The smallest absolute Gasteiger partial charge is 0.129 e. The van der Waals surface area contributed by atoms with Gasteiger partial charge in [-0.25, -0.2) is 4.98 Å². The lowest BCUT2D eigenvalue weighted by atomic mass is 9.93. The summed E-state index contributed by atoms with van der Waals surface area (Å²) < 4.78 is 0. The van der Waals surface area contributed by atoms with Gasteiger partial charge in [0.05, 0.1) is 0 Å². The normalized spacial score (nSPS) is 15.4. The van der Waals surface area contributed by atoms with E-state index in [4.69, 9.17) is 0 Å². The van der Waals surface area contributed by atoms with Crippen molar-refractivity contribution >= 4 is 5.82 Å². The van der Waals surface area contributed by atoms with Crippen molar-refractivity contribution in [1.29, 1.82) is 0 Å². The second-order valence-corrected chi connectivity index (χ2v) is 3.25. The fraction of sp³-hybridized carbons (Fsp3) is 0.500. The molecule has 1 aliphatic rings. The molecule has 1 N–H and O–H groups in total. The highest BCUT2D eigenvalue weighted by Gasteiger charge is 2.12. The topological polar surface area (TPSA) is 24.9 Å².